The maximum atomic E-state index is 12.2. The fourth-order valence-corrected chi connectivity index (χ4v) is 2.68. The summed E-state index contributed by atoms with van der Waals surface area (Å²) in [7, 11) is 0. The van der Waals surface area contributed by atoms with E-state index in [2.05, 4.69) is 14.7 Å². The maximum Gasteiger partial charge on any atom is 0.573 e. The van der Waals surface area contributed by atoms with Gasteiger partial charge in [0.1, 0.15) is 41.1 Å². The number of imidazole rings is 1. The molecule has 0 amide bonds. The zero-order valence-electron chi connectivity index (χ0n) is 12.9. The second-order valence-corrected chi connectivity index (χ2v) is 5.98. The van der Waals surface area contributed by atoms with Crippen molar-refractivity contribution in [1.29, 1.82) is 0 Å². The fraction of sp³-hybridized carbons (Fsp3) is 0.188. The molecule has 0 aliphatic rings. The lowest BCUT2D eigenvalue weighted by molar-refractivity contribution is -0.274. The molecule has 0 bridgehead atoms. The predicted octanol–water partition coefficient (Wildman–Crippen LogP) is 4.84. The molecule has 3 rings (SSSR count). The Labute approximate surface area is 155 Å². The van der Waals surface area contributed by atoms with Gasteiger partial charge in [-0.05, 0) is 17.7 Å². The third-order valence-electron chi connectivity index (χ3n) is 3.37. The number of halogens is 5. The third-order valence-corrected chi connectivity index (χ3v) is 4.21. The summed E-state index contributed by atoms with van der Waals surface area (Å²) in [5.41, 5.74) is 1.54. The van der Waals surface area contributed by atoms with E-state index in [1.807, 2.05) is 0 Å². The highest BCUT2D eigenvalue weighted by Gasteiger charge is 2.30. The lowest BCUT2D eigenvalue weighted by Gasteiger charge is -2.11. The summed E-state index contributed by atoms with van der Waals surface area (Å²) in [5, 5.41) is 9.45. The fourth-order valence-electron chi connectivity index (χ4n) is 2.24. The maximum absolute atomic E-state index is 12.2. The SMILES string of the molecule is OCc1nc2c(Cl)c(Cl)c(OCc3ccc(OC(F)(F)F)cc3)cc2[nH]1. The van der Waals surface area contributed by atoms with Gasteiger partial charge in [0.2, 0.25) is 0 Å². The van der Waals surface area contributed by atoms with Gasteiger partial charge in [-0.25, -0.2) is 4.98 Å². The van der Waals surface area contributed by atoms with Crippen molar-refractivity contribution < 1.29 is 27.8 Å². The van der Waals surface area contributed by atoms with E-state index < -0.39 is 6.36 Å². The molecule has 0 spiro atoms. The average Bonchev–Trinajstić information content (AvgIpc) is 3.00. The summed E-state index contributed by atoms with van der Waals surface area (Å²) in [5.74, 6) is 0.279. The molecule has 3 aromatic rings. The van der Waals surface area contributed by atoms with Crippen molar-refractivity contribution in [2.24, 2.45) is 0 Å². The van der Waals surface area contributed by atoms with Crippen LogP contribution in [0.15, 0.2) is 30.3 Å². The molecule has 0 unspecified atom stereocenters. The molecule has 0 aliphatic carbocycles. The van der Waals surface area contributed by atoms with E-state index in [4.69, 9.17) is 33.0 Å². The third kappa shape index (κ3) is 4.14. The highest BCUT2D eigenvalue weighted by Crippen LogP contribution is 2.38. The van der Waals surface area contributed by atoms with E-state index >= 15 is 0 Å². The van der Waals surface area contributed by atoms with Crippen molar-refractivity contribution in [3.8, 4) is 11.5 Å². The minimum atomic E-state index is -4.74. The number of hydrogen-bond donors (Lipinski definition) is 2. The summed E-state index contributed by atoms with van der Waals surface area (Å²) >= 11 is 12.3. The van der Waals surface area contributed by atoms with Crippen LogP contribution in [-0.2, 0) is 13.2 Å². The van der Waals surface area contributed by atoms with Gasteiger partial charge in [-0.1, -0.05) is 35.3 Å². The Morgan fingerprint density at radius 3 is 2.42 bits per heavy atom. The molecule has 10 heteroatoms. The molecule has 0 fully saturated rings. The van der Waals surface area contributed by atoms with Gasteiger partial charge < -0.3 is 19.6 Å². The summed E-state index contributed by atoms with van der Waals surface area (Å²) in [6.45, 7) is -0.236. The number of aliphatic hydroxyl groups is 1. The first kappa shape index (κ1) is 18.6. The standard InChI is InChI=1S/C16H11Cl2F3N2O3/c17-13-11(5-10-15(14(13)18)23-12(6-24)22-10)25-7-8-1-3-9(4-2-8)26-16(19,20)21/h1-5,24H,6-7H2,(H,22,23). The highest BCUT2D eigenvalue weighted by molar-refractivity contribution is 6.45. The van der Waals surface area contributed by atoms with Crippen LogP contribution in [0.25, 0.3) is 11.0 Å². The monoisotopic (exact) mass is 406 g/mol. The van der Waals surface area contributed by atoms with E-state index in [0.29, 0.717) is 22.4 Å². The topological polar surface area (TPSA) is 67.4 Å². The normalized spacial score (nSPS) is 11.8. The van der Waals surface area contributed by atoms with Gasteiger partial charge in [-0.15, -0.1) is 13.2 Å². The van der Waals surface area contributed by atoms with E-state index in [1.54, 1.807) is 6.07 Å². The van der Waals surface area contributed by atoms with Crippen LogP contribution < -0.4 is 9.47 Å². The van der Waals surface area contributed by atoms with Crippen LogP contribution in [0.5, 0.6) is 11.5 Å². The zero-order chi connectivity index (χ0) is 18.9. The minimum Gasteiger partial charge on any atom is -0.487 e. The van der Waals surface area contributed by atoms with Crippen molar-refractivity contribution in [3.05, 3.63) is 51.8 Å². The second-order valence-electron chi connectivity index (χ2n) is 5.22. The predicted molar refractivity (Wildman–Crippen MR) is 89.5 cm³/mol. The molecule has 0 aliphatic heterocycles. The first-order valence-corrected chi connectivity index (χ1v) is 7.97. The van der Waals surface area contributed by atoms with E-state index in [9.17, 15) is 13.2 Å². The Kier molecular flexibility index (Phi) is 5.17. The molecule has 138 valence electrons. The lowest BCUT2D eigenvalue weighted by atomic mass is 10.2. The van der Waals surface area contributed by atoms with Crippen molar-refractivity contribution in [1.82, 2.24) is 9.97 Å². The number of rotatable bonds is 5. The largest absolute Gasteiger partial charge is 0.573 e. The van der Waals surface area contributed by atoms with Crippen LogP contribution in [0.4, 0.5) is 13.2 Å². The van der Waals surface area contributed by atoms with Crippen LogP contribution in [0.1, 0.15) is 11.4 Å². The number of aliphatic hydroxyl groups excluding tert-OH is 1. The summed E-state index contributed by atoms with van der Waals surface area (Å²) in [4.78, 5) is 6.98. The Hall–Kier alpha value is -2.16. The van der Waals surface area contributed by atoms with Crippen molar-refractivity contribution in [2.45, 2.75) is 19.6 Å². The van der Waals surface area contributed by atoms with Crippen molar-refractivity contribution in [2.75, 3.05) is 0 Å². The molecule has 2 N–H and O–H groups in total. The van der Waals surface area contributed by atoms with Gasteiger partial charge in [0.05, 0.1) is 10.5 Å². The van der Waals surface area contributed by atoms with Crippen molar-refractivity contribution >= 4 is 34.2 Å². The second kappa shape index (κ2) is 7.22. The number of nitrogens with one attached hydrogen (secondary N) is 1. The molecule has 2 aromatic carbocycles. The highest BCUT2D eigenvalue weighted by atomic mass is 35.5. The molecule has 26 heavy (non-hydrogen) atoms. The number of aromatic amines is 1. The molecule has 0 radical (unpaired) electrons. The van der Waals surface area contributed by atoms with E-state index in [1.165, 1.54) is 24.3 Å². The molecule has 1 aromatic heterocycles. The zero-order valence-corrected chi connectivity index (χ0v) is 14.4. The first-order valence-electron chi connectivity index (χ1n) is 7.22. The van der Waals surface area contributed by atoms with Crippen LogP contribution in [0, 0.1) is 0 Å². The number of hydrogen-bond acceptors (Lipinski definition) is 4. The molecule has 1 heterocycles. The smallest absolute Gasteiger partial charge is 0.487 e. The molecular formula is C16H11Cl2F3N2O3. The first-order chi connectivity index (χ1) is 12.3. The molecule has 0 saturated carbocycles. The van der Waals surface area contributed by atoms with Gasteiger partial charge in [-0.2, -0.15) is 0 Å². The van der Waals surface area contributed by atoms with Gasteiger partial charge in [0.15, 0.2) is 0 Å². The Bertz CT molecular complexity index is 927. The van der Waals surface area contributed by atoms with Crippen LogP contribution in [0.3, 0.4) is 0 Å². The Morgan fingerprint density at radius 1 is 1.12 bits per heavy atom. The number of fused-ring (bicyclic) bond motifs is 1. The average molecular weight is 407 g/mol. The van der Waals surface area contributed by atoms with Crippen LogP contribution >= 0.6 is 23.2 Å². The van der Waals surface area contributed by atoms with Crippen LogP contribution in [-0.4, -0.2) is 21.4 Å². The Balaban J connectivity index is 1.76. The summed E-state index contributed by atoms with van der Waals surface area (Å²) < 4.78 is 45.9. The van der Waals surface area contributed by atoms with Crippen LogP contribution in [0.2, 0.25) is 10.0 Å². The number of ether oxygens (including phenoxy) is 2. The van der Waals surface area contributed by atoms with Gasteiger partial charge >= 0.3 is 6.36 Å². The Morgan fingerprint density at radius 2 is 1.81 bits per heavy atom. The van der Waals surface area contributed by atoms with Gasteiger partial charge in [-0.3, -0.25) is 0 Å². The number of benzene rings is 2. The summed E-state index contributed by atoms with van der Waals surface area (Å²) in [6.07, 6.45) is -4.74. The number of nitrogens with zero attached hydrogens (tertiary/aromatic N) is 1. The molecule has 0 atom stereocenters. The van der Waals surface area contributed by atoms with Crippen molar-refractivity contribution in [3.63, 3.8) is 0 Å². The lowest BCUT2D eigenvalue weighted by Crippen LogP contribution is -2.17. The van der Waals surface area contributed by atoms with E-state index in [-0.39, 0.29) is 34.8 Å². The number of H-pyrrole nitrogens is 1. The number of alkyl halides is 3. The van der Waals surface area contributed by atoms with E-state index in [0.717, 1.165) is 0 Å². The molecule has 5 nitrogen and oxygen atoms in total. The van der Waals surface area contributed by atoms with Gasteiger partial charge in [0, 0.05) is 6.07 Å². The minimum absolute atomic E-state index is 0.0504. The summed E-state index contributed by atoms with van der Waals surface area (Å²) in [6, 6.07) is 6.83. The number of aromatic nitrogens is 2. The molecular weight excluding hydrogens is 396 g/mol. The van der Waals surface area contributed by atoms with Gasteiger partial charge in [0.25, 0.3) is 0 Å². The molecule has 0 saturated heterocycles. The quantitative estimate of drug-likeness (QED) is 0.635.